The Morgan fingerprint density at radius 3 is 2.53 bits per heavy atom. The topological polar surface area (TPSA) is 72.8 Å². The van der Waals surface area contributed by atoms with E-state index in [0.29, 0.717) is 11.3 Å². The molecule has 0 saturated carbocycles. The second-order valence-electron chi connectivity index (χ2n) is 4.03. The summed E-state index contributed by atoms with van der Waals surface area (Å²) in [6.07, 6.45) is -0.190. The van der Waals surface area contributed by atoms with Gasteiger partial charge in [0, 0.05) is 11.1 Å². The minimum atomic E-state index is -0.922. The molecule has 19 heavy (non-hydrogen) atoms. The highest BCUT2D eigenvalue weighted by Gasteiger charge is 2.10. The summed E-state index contributed by atoms with van der Waals surface area (Å²) in [7, 11) is 0. The van der Waals surface area contributed by atoms with Gasteiger partial charge in [0.1, 0.15) is 31.4 Å². The number of aldehydes is 1. The van der Waals surface area contributed by atoms with Crippen molar-refractivity contribution in [3.8, 4) is 5.75 Å². The van der Waals surface area contributed by atoms with Crippen LogP contribution in [0.5, 0.6) is 5.75 Å². The summed E-state index contributed by atoms with van der Waals surface area (Å²) in [5, 5.41) is 9.55. The summed E-state index contributed by atoms with van der Waals surface area (Å²) >= 11 is 0. The predicted molar refractivity (Wildman–Crippen MR) is 69.1 cm³/mol. The minimum absolute atomic E-state index is 0.0100. The molecule has 1 rings (SSSR count). The Morgan fingerprint density at radius 2 is 2.00 bits per heavy atom. The molecule has 1 N–H and O–H groups in total. The Kier molecular flexibility index (Phi) is 5.75. The Labute approximate surface area is 111 Å². The zero-order valence-electron chi connectivity index (χ0n) is 10.7. The van der Waals surface area contributed by atoms with Crippen LogP contribution in [0.25, 0.3) is 0 Å². The lowest BCUT2D eigenvalue weighted by Gasteiger charge is -2.12. The summed E-state index contributed by atoms with van der Waals surface area (Å²) < 4.78 is 10.1. The van der Waals surface area contributed by atoms with Crippen molar-refractivity contribution in [1.29, 1.82) is 0 Å². The molecule has 1 aromatic carbocycles. The molecule has 1 aromatic rings. The smallest absolute Gasteiger partial charge is 0.333 e. The van der Waals surface area contributed by atoms with Gasteiger partial charge in [-0.25, -0.2) is 4.79 Å². The lowest BCUT2D eigenvalue weighted by Crippen LogP contribution is -2.25. The van der Waals surface area contributed by atoms with Gasteiger partial charge in [0.15, 0.2) is 0 Å². The Balaban J connectivity index is 2.32. The number of hydrogen-bond acceptors (Lipinski definition) is 5. The zero-order chi connectivity index (χ0) is 14.3. The van der Waals surface area contributed by atoms with E-state index >= 15 is 0 Å². The largest absolute Gasteiger partial charge is 0.491 e. The van der Waals surface area contributed by atoms with Gasteiger partial charge >= 0.3 is 5.97 Å². The van der Waals surface area contributed by atoms with Gasteiger partial charge in [-0.1, -0.05) is 6.58 Å². The number of esters is 1. The summed E-state index contributed by atoms with van der Waals surface area (Å²) in [6, 6.07) is 6.46. The number of carbonyl (C=O) groups is 2. The number of aliphatic hydroxyl groups is 1. The fourth-order valence-corrected chi connectivity index (χ4v) is 1.18. The molecule has 0 aliphatic carbocycles. The van der Waals surface area contributed by atoms with E-state index < -0.39 is 12.1 Å². The normalized spacial score (nSPS) is 11.5. The quantitative estimate of drug-likeness (QED) is 0.457. The maximum Gasteiger partial charge on any atom is 0.333 e. The van der Waals surface area contributed by atoms with Crippen LogP contribution in [-0.2, 0) is 9.53 Å². The number of rotatable bonds is 7. The summed E-state index contributed by atoms with van der Waals surface area (Å²) in [6.45, 7) is 4.79. The van der Waals surface area contributed by atoms with E-state index in [0.717, 1.165) is 6.29 Å². The molecule has 0 heterocycles. The van der Waals surface area contributed by atoms with Gasteiger partial charge in [0.25, 0.3) is 0 Å². The summed E-state index contributed by atoms with van der Waals surface area (Å²) in [5.41, 5.74) is 0.820. The first-order valence-electron chi connectivity index (χ1n) is 5.71. The standard InChI is InChI=1S/C14H16O5/c1-10(2)14(17)19-9-12(16)8-18-13-5-3-11(7-15)4-6-13/h3-7,12,16H,1,8-9H2,2H3. The third kappa shape index (κ3) is 5.35. The van der Waals surface area contributed by atoms with Gasteiger partial charge in [0.2, 0.25) is 0 Å². The molecule has 102 valence electrons. The van der Waals surface area contributed by atoms with Crippen molar-refractivity contribution in [1.82, 2.24) is 0 Å². The average Bonchev–Trinajstić information content (AvgIpc) is 2.42. The van der Waals surface area contributed by atoms with Gasteiger partial charge in [-0.2, -0.15) is 0 Å². The van der Waals surface area contributed by atoms with Crippen molar-refractivity contribution in [2.24, 2.45) is 0 Å². The molecular formula is C14H16O5. The first kappa shape index (κ1) is 14.9. The zero-order valence-corrected chi connectivity index (χ0v) is 10.7. The SMILES string of the molecule is C=C(C)C(=O)OCC(O)COc1ccc(C=O)cc1. The van der Waals surface area contributed by atoms with Crippen molar-refractivity contribution in [3.63, 3.8) is 0 Å². The molecule has 0 aliphatic rings. The van der Waals surface area contributed by atoms with Crippen LogP contribution in [0.15, 0.2) is 36.4 Å². The first-order chi connectivity index (χ1) is 9.02. The van der Waals surface area contributed by atoms with Crippen molar-refractivity contribution < 1.29 is 24.2 Å². The fourth-order valence-electron chi connectivity index (χ4n) is 1.18. The monoisotopic (exact) mass is 264 g/mol. The Bertz CT molecular complexity index is 449. The van der Waals surface area contributed by atoms with Crippen LogP contribution in [0.3, 0.4) is 0 Å². The van der Waals surface area contributed by atoms with Crippen LogP contribution in [0, 0.1) is 0 Å². The van der Waals surface area contributed by atoms with E-state index in [1.165, 1.54) is 6.92 Å². The molecule has 0 aliphatic heterocycles. The average molecular weight is 264 g/mol. The maximum atomic E-state index is 11.1. The van der Waals surface area contributed by atoms with Gasteiger partial charge < -0.3 is 14.6 Å². The lowest BCUT2D eigenvalue weighted by atomic mass is 10.2. The number of ether oxygens (including phenoxy) is 2. The molecule has 0 radical (unpaired) electrons. The highest BCUT2D eigenvalue weighted by molar-refractivity contribution is 5.86. The van der Waals surface area contributed by atoms with E-state index in [1.54, 1.807) is 24.3 Å². The molecule has 0 saturated heterocycles. The third-order valence-corrected chi connectivity index (χ3v) is 2.21. The number of benzene rings is 1. The first-order valence-corrected chi connectivity index (χ1v) is 5.71. The minimum Gasteiger partial charge on any atom is -0.491 e. The Morgan fingerprint density at radius 1 is 1.37 bits per heavy atom. The molecule has 0 fully saturated rings. The van der Waals surface area contributed by atoms with Crippen LogP contribution >= 0.6 is 0 Å². The second-order valence-corrected chi connectivity index (χ2v) is 4.03. The number of aliphatic hydroxyl groups excluding tert-OH is 1. The van der Waals surface area contributed by atoms with E-state index in [-0.39, 0.29) is 18.8 Å². The van der Waals surface area contributed by atoms with Crippen LogP contribution < -0.4 is 4.74 Å². The molecular weight excluding hydrogens is 248 g/mol. The molecule has 0 bridgehead atoms. The van der Waals surface area contributed by atoms with Crippen LogP contribution in [0.4, 0.5) is 0 Å². The van der Waals surface area contributed by atoms with Crippen LogP contribution in [0.2, 0.25) is 0 Å². The molecule has 5 nitrogen and oxygen atoms in total. The van der Waals surface area contributed by atoms with Crippen molar-refractivity contribution >= 4 is 12.3 Å². The maximum absolute atomic E-state index is 11.1. The number of hydrogen-bond donors (Lipinski definition) is 1. The van der Waals surface area contributed by atoms with Crippen molar-refractivity contribution in [2.45, 2.75) is 13.0 Å². The predicted octanol–water partition coefficient (Wildman–Crippen LogP) is 1.36. The van der Waals surface area contributed by atoms with Gasteiger partial charge in [-0.15, -0.1) is 0 Å². The molecule has 1 unspecified atom stereocenters. The molecule has 0 aromatic heterocycles. The highest BCUT2D eigenvalue weighted by atomic mass is 16.5. The fraction of sp³-hybridized carbons (Fsp3) is 0.286. The van der Waals surface area contributed by atoms with E-state index in [4.69, 9.17) is 9.47 Å². The lowest BCUT2D eigenvalue weighted by molar-refractivity contribution is -0.142. The second kappa shape index (κ2) is 7.33. The summed E-state index contributed by atoms with van der Waals surface area (Å²) in [5.74, 6) is -0.0229. The highest BCUT2D eigenvalue weighted by Crippen LogP contribution is 2.11. The summed E-state index contributed by atoms with van der Waals surface area (Å²) in [4.78, 5) is 21.5. The van der Waals surface area contributed by atoms with Crippen LogP contribution in [0.1, 0.15) is 17.3 Å². The van der Waals surface area contributed by atoms with Crippen molar-refractivity contribution in [3.05, 3.63) is 42.0 Å². The van der Waals surface area contributed by atoms with Crippen molar-refractivity contribution in [2.75, 3.05) is 13.2 Å². The van der Waals surface area contributed by atoms with E-state index in [9.17, 15) is 14.7 Å². The van der Waals surface area contributed by atoms with Gasteiger partial charge in [-0.3, -0.25) is 4.79 Å². The van der Waals surface area contributed by atoms with Gasteiger partial charge in [0.05, 0.1) is 0 Å². The third-order valence-electron chi connectivity index (χ3n) is 2.21. The molecule has 1 atom stereocenters. The van der Waals surface area contributed by atoms with E-state index in [2.05, 4.69) is 6.58 Å². The molecule has 0 spiro atoms. The molecule has 0 amide bonds. The Hall–Kier alpha value is -2.14. The van der Waals surface area contributed by atoms with Gasteiger partial charge in [-0.05, 0) is 31.2 Å². The molecule has 5 heteroatoms. The number of carbonyl (C=O) groups excluding carboxylic acids is 2. The van der Waals surface area contributed by atoms with Crippen LogP contribution in [-0.4, -0.2) is 36.7 Å². The van der Waals surface area contributed by atoms with E-state index in [1.807, 2.05) is 0 Å².